The summed E-state index contributed by atoms with van der Waals surface area (Å²) in [6.45, 7) is 8.31. The fourth-order valence-electron chi connectivity index (χ4n) is 2.09. The number of amides is 1. The number of aromatic nitrogens is 2. The molecule has 1 rings (SSSR count). The van der Waals surface area contributed by atoms with Gasteiger partial charge in [0.05, 0.1) is 0 Å². The summed E-state index contributed by atoms with van der Waals surface area (Å²) in [7, 11) is 0. The first-order chi connectivity index (χ1) is 9.47. The first kappa shape index (κ1) is 16.7. The molecule has 1 aromatic rings. The molecule has 0 aromatic carbocycles. The van der Waals surface area contributed by atoms with Gasteiger partial charge < -0.3 is 9.84 Å². The van der Waals surface area contributed by atoms with Gasteiger partial charge in [0.2, 0.25) is 11.8 Å². The minimum Gasteiger partial charge on any atom is -0.354 e. The van der Waals surface area contributed by atoms with Crippen LogP contribution in [-0.4, -0.2) is 22.1 Å². The molecule has 1 heterocycles. The Morgan fingerprint density at radius 3 is 2.60 bits per heavy atom. The zero-order valence-corrected chi connectivity index (χ0v) is 13.1. The predicted molar refractivity (Wildman–Crippen MR) is 78.3 cm³/mol. The van der Waals surface area contributed by atoms with Crippen LogP contribution in [0.2, 0.25) is 0 Å². The summed E-state index contributed by atoms with van der Waals surface area (Å²) in [5, 5.41) is 6.76. The van der Waals surface area contributed by atoms with E-state index in [0.717, 1.165) is 18.8 Å². The van der Waals surface area contributed by atoms with Crippen LogP contribution < -0.4 is 5.32 Å². The molecule has 5 nitrogen and oxygen atoms in total. The molecular weight excluding hydrogens is 254 g/mol. The highest BCUT2D eigenvalue weighted by Gasteiger charge is 2.09. The van der Waals surface area contributed by atoms with Crippen molar-refractivity contribution in [3.05, 3.63) is 11.7 Å². The number of aryl methyl sites for hydroxylation is 2. The maximum absolute atomic E-state index is 11.8. The lowest BCUT2D eigenvalue weighted by atomic mass is 10.0. The van der Waals surface area contributed by atoms with Crippen molar-refractivity contribution < 1.29 is 9.32 Å². The smallest absolute Gasteiger partial charge is 0.226 e. The molecule has 0 aliphatic heterocycles. The minimum absolute atomic E-state index is 0.110. The van der Waals surface area contributed by atoms with E-state index in [9.17, 15) is 4.79 Å². The Kier molecular flexibility index (Phi) is 7.26. The Bertz CT molecular complexity index is 402. The van der Waals surface area contributed by atoms with E-state index in [-0.39, 0.29) is 11.9 Å². The van der Waals surface area contributed by atoms with E-state index in [4.69, 9.17) is 4.52 Å². The molecule has 0 aliphatic carbocycles. The standard InChI is InChI=1S/C15H27N3O2/c1-11(2)7-5-8-12(3)16-14(19)9-6-10-15-17-13(4)18-20-15/h11-12H,5-10H2,1-4H3,(H,16,19). The second-order valence-electron chi connectivity index (χ2n) is 5.88. The van der Waals surface area contributed by atoms with E-state index in [2.05, 4.69) is 36.2 Å². The van der Waals surface area contributed by atoms with Crippen LogP contribution in [0.25, 0.3) is 0 Å². The molecule has 1 unspecified atom stereocenters. The van der Waals surface area contributed by atoms with Crippen LogP contribution in [0.3, 0.4) is 0 Å². The summed E-state index contributed by atoms with van der Waals surface area (Å²) in [5.74, 6) is 2.09. The quantitative estimate of drug-likeness (QED) is 0.755. The first-order valence-electron chi connectivity index (χ1n) is 7.56. The van der Waals surface area contributed by atoms with Crippen LogP contribution in [0.1, 0.15) is 64.6 Å². The molecule has 5 heteroatoms. The summed E-state index contributed by atoms with van der Waals surface area (Å²) in [6.07, 6.45) is 5.35. The van der Waals surface area contributed by atoms with Crippen molar-refractivity contribution in [1.82, 2.24) is 15.5 Å². The highest BCUT2D eigenvalue weighted by molar-refractivity contribution is 5.76. The lowest BCUT2D eigenvalue weighted by Crippen LogP contribution is -2.32. The van der Waals surface area contributed by atoms with E-state index in [1.807, 2.05) is 0 Å². The van der Waals surface area contributed by atoms with Crippen molar-refractivity contribution in [3.63, 3.8) is 0 Å². The predicted octanol–water partition coefficient (Wildman–Crippen LogP) is 3.03. The maximum atomic E-state index is 11.8. The van der Waals surface area contributed by atoms with E-state index in [0.29, 0.717) is 24.6 Å². The normalized spacial score (nSPS) is 12.7. The fourth-order valence-corrected chi connectivity index (χ4v) is 2.09. The van der Waals surface area contributed by atoms with Crippen molar-refractivity contribution in [2.45, 2.75) is 72.3 Å². The summed E-state index contributed by atoms with van der Waals surface area (Å²) in [5.41, 5.74) is 0. The summed E-state index contributed by atoms with van der Waals surface area (Å²) in [4.78, 5) is 15.9. The molecule has 0 aliphatic rings. The average molecular weight is 281 g/mol. The van der Waals surface area contributed by atoms with Gasteiger partial charge in [0, 0.05) is 18.9 Å². The van der Waals surface area contributed by atoms with Crippen molar-refractivity contribution >= 4 is 5.91 Å². The first-order valence-corrected chi connectivity index (χ1v) is 7.56. The van der Waals surface area contributed by atoms with Crippen molar-refractivity contribution in [2.24, 2.45) is 5.92 Å². The lowest BCUT2D eigenvalue weighted by molar-refractivity contribution is -0.121. The Morgan fingerprint density at radius 2 is 2.00 bits per heavy atom. The molecule has 20 heavy (non-hydrogen) atoms. The zero-order valence-electron chi connectivity index (χ0n) is 13.1. The monoisotopic (exact) mass is 281 g/mol. The van der Waals surface area contributed by atoms with Crippen molar-refractivity contribution in [3.8, 4) is 0 Å². The molecular formula is C15H27N3O2. The van der Waals surface area contributed by atoms with Crippen molar-refractivity contribution in [2.75, 3.05) is 0 Å². The molecule has 0 fully saturated rings. The maximum Gasteiger partial charge on any atom is 0.226 e. The third-order valence-electron chi connectivity index (χ3n) is 3.19. The van der Waals surface area contributed by atoms with Gasteiger partial charge in [-0.15, -0.1) is 0 Å². The van der Waals surface area contributed by atoms with Crippen LogP contribution in [0.15, 0.2) is 4.52 Å². The highest BCUT2D eigenvalue weighted by Crippen LogP contribution is 2.08. The number of nitrogens with one attached hydrogen (secondary N) is 1. The van der Waals surface area contributed by atoms with Gasteiger partial charge >= 0.3 is 0 Å². The van der Waals surface area contributed by atoms with Gasteiger partial charge in [0.15, 0.2) is 5.82 Å². The Labute approximate surface area is 121 Å². The second-order valence-corrected chi connectivity index (χ2v) is 5.88. The van der Waals surface area contributed by atoms with Gasteiger partial charge in [-0.25, -0.2) is 0 Å². The third-order valence-corrected chi connectivity index (χ3v) is 3.19. The number of hydrogen-bond donors (Lipinski definition) is 1. The van der Waals surface area contributed by atoms with Crippen LogP contribution in [0, 0.1) is 12.8 Å². The molecule has 0 saturated heterocycles. The van der Waals surface area contributed by atoms with Gasteiger partial charge in [0.1, 0.15) is 0 Å². The molecule has 1 atom stereocenters. The zero-order chi connectivity index (χ0) is 15.0. The van der Waals surface area contributed by atoms with E-state index in [1.54, 1.807) is 6.92 Å². The minimum atomic E-state index is 0.110. The van der Waals surface area contributed by atoms with Crippen LogP contribution in [0.4, 0.5) is 0 Å². The number of hydrogen-bond acceptors (Lipinski definition) is 4. The topological polar surface area (TPSA) is 68.0 Å². The van der Waals surface area contributed by atoms with Gasteiger partial charge in [-0.3, -0.25) is 4.79 Å². The Balaban J connectivity index is 2.10. The van der Waals surface area contributed by atoms with Gasteiger partial charge in [0.25, 0.3) is 0 Å². The van der Waals surface area contributed by atoms with Crippen molar-refractivity contribution in [1.29, 1.82) is 0 Å². The van der Waals surface area contributed by atoms with Crippen LogP contribution in [-0.2, 0) is 11.2 Å². The van der Waals surface area contributed by atoms with E-state index >= 15 is 0 Å². The fraction of sp³-hybridized carbons (Fsp3) is 0.800. The molecule has 0 radical (unpaired) electrons. The molecule has 1 aromatic heterocycles. The van der Waals surface area contributed by atoms with Gasteiger partial charge in [-0.1, -0.05) is 31.8 Å². The summed E-state index contributed by atoms with van der Waals surface area (Å²) < 4.78 is 5.01. The van der Waals surface area contributed by atoms with E-state index < -0.39 is 0 Å². The molecule has 0 spiro atoms. The number of carbonyl (C=O) groups excluding carboxylic acids is 1. The molecule has 1 N–H and O–H groups in total. The average Bonchev–Trinajstić information content (AvgIpc) is 2.74. The van der Waals surface area contributed by atoms with Gasteiger partial charge in [-0.2, -0.15) is 4.98 Å². The highest BCUT2D eigenvalue weighted by atomic mass is 16.5. The SMILES string of the molecule is Cc1noc(CCCC(=O)NC(C)CCCC(C)C)n1. The van der Waals surface area contributed by atoms with Gasteiger partial charge in [-0.05, 0) is 32.6 Å². The Morgan fingerprint density at radius 1 is 1.25 bits per heavy atom. The number of carbonyl (C=O) groups is 1. The number of rotatable bonds is 9. The van der Waals surface area contributed by atoms with Crippen LogP contribution >= 0.6 is 0 Å². The summed E-state index contributed by atoms with van der Waals surface area (Å²) >= 11 is 0. The molecule has 0 bridgehead atoms. The Hall–Kier alpha value is -1.39. The lowest BCUT2D eigenvalue weighted by Gasteiger charge is -2.14. The largest absolute Gasteiger partial charge is 0.354 e. The molecule has 1 amide bonds. The molecule has 0 saturated carbocycles. The third kappa shape index (κ3) is 7.26. The van der Waals surface area contributed by atoms with Crippen LogP contribution in [0.5, 0.6) is 0 Å². The summed E-state index contributed by atoms with van der Waals surface area (Å²) in [6, 6.07) is 0.256. The second kappa shape index (κ2) is 8.72. The number of nitrogens with zero attached hydrogens (tertiary/aromatic N) is 2. The van der Waals surface area contributed by atoms with E-state index in [1.165, 1.54) is 12.8 Å². The molecule has 114 valence electrons.